The lowest BCUT2D eigenvalue weighted by Gasteiger charge is -2.21. The Bertz CT molecular complexity index is 702. The molecule has 1 aromatic heterocycles. The zero-order chi connectivity index (χ0) is 17.7. The average molecular weight is 327 g/mol. The summed E-state index contributed by atoms with van der Waals surface area (Å²) >= 11 is 0. The van der Waals surface area contributed by atoms with Gasteiger partial charge in [0.2, 0.25) is 0 Å². The number of anilines is 1. The molecular weight excluding hydrogens is 302 g/mol. The van der Waals surface area contributed by atoms with E-state index in [1.165, 1.54) is 6.08 Å². The van der Waals surface area contributed by atoms with Crippen LogP contribution < -0.4 is 4.90 Å². The van der Waals surface area contributed by atoms with E-state index in [1.54, 1.807) is 4.90 Å². The van der Waals surface area contributed by atoms with Gasteiger partial charge in [-0.2, -0.15) is 5.10 Å². The lowest BCUT2D eigenvalue weighted by Crippen LogP contribution is -2.28. The molecule has 0 unspecified atom stereocenters. The molecule has 0 aliphatic heterocycles. The summed E-state index contributed by atoms with van der Waals surface area (Å²) in [6.07, 6.45) is 3.92. The molecule has 0 saturated heterocycles. The third-order valence-electron chi connectivity index (χ3n) is 3.96. The summed E-state index contributed by atoms with van der Waals surface area (Å²) in [5.74, 6) is -0.151. The van der Waals surface area contributed by atoms with Crippen LogP contribution in [-0.2, 0) is 17.8 Å². The number of carbonyl (C=O) groups excluding carboxylic acids is 1. The Balaban J connectivity index is 2.29. The van der Waals surface area contributed by atoms with Crippen molar-refractivity contribution in [3.05, 3.63) is 59.9 Å². The molecular formula is C19H25N3O2. The largest absolute Gasteiger partial charge is 0.396 e. The summed E-state index contributed by atoms with van der Waals surface area (Å²) < 4.78 is 1.91. The summed E-state index contributed by atoms with van der Waals surface area (Å²) in [5.41, 5.74) is 3.77. The maximum absolute atomic E-state index is 12.3. The molecule has 1 aromatic carbocycles. The SMILES string of the molecule is C=CC(=O)N(Cc1cn(C(C)C)nc1C)c1ccc(CCO)cc1. The van der Waals surface area contributed by atoms with Crippen molar-refractivity contribution in [2.24, 2.45) is 0 Å². The van der Waals surface area contributed by atoms with E-state index in [0.29, 0.717) is 13.0 Å². The lowest BCUT2D eigenvalue weighted by atomic mass is 10.1. The molecule has 0 fully saturated rings. The highest BCUT2D eigenvalue weighted by Gasteiger charge is 2.17. The minimum atomic E-state index is -0.151. The minimum absolute atomic E-state index is 0.113. The lowest BCUT2D eigenvalue weighted by molar-refractivity contribution is -0.114. The van der Waals surface area contributed by atoms with Crippen LogP contribution in [-0.4, -0.2) is 27.4 Å². The molecule has 128 valence electrons. The number of rotatable bonds is 7. The van der Waals surface area contributed by atoms with Crippen LogP contribution in [0.4, 0.5) is 5.69 Å². The molecule has 2 aromatic rings. The fourth-order valence-corrected chi connectivity index (χ4v) is 2.49. The average Bonchev–Trinajstić information content (AvgIpc) is 2.94. The maximum Gasteiger partial charge on any atom is 0.250 e. The molecule has 0 aliphatic rings. The molecule has 5 nitrogen and oxygen atoms in total. The summed E-state index contributed by atoms with van der Waals surface area (Å²) in [4.78, 5) is 14.0. The number of nitrogens with zero attached hydrogens (tertiary/aromatic N) is 3. The topological polar surface area (TPSA) is 58.4 Å². The number of aromatic nitrogens is 2. The summed E-state index contributed by atoms with van der Waals surface area (Å²) in [6, 6.07) is 7.93. The second-order valence-corrected chi connectivity index (χ2v) is 6.08. The molecule has 0 radical (unpaired) electrons. The number of benzene rings is 1. The second kappa shape index (κ2) is 7.93. The molecule has 0 saturated carbocycles. The van der Waals surface area contributed by atoms with E-state index in [0.717, 1.165) is 22.5 Å². The van der Waals surface area contributed by atoms with Gasteiger partial charge < -0.3 is 10.0 Å². The fourth-order valence-electron chi connectivity index (χ4n) is 2.49. The molecule has 2 rings (SSSR count). The number of carbonyl (C=O) groups is 1. The molecule has 0 atom stereocenters. The van der Waals surface area contributed by atoms with Gasteiger partial charge in [0.05, 0.1) is 12.2 Å². The van der Waals surface area contributed by atoms with E-state index >= 15 is 0 Å². The van der Waals surface area contributed by atoms with Crippen molar-refractivity contribution in [2.75, 3.05) is 11.5 Å². The smallest absolute Gasteiger partial charge is 0.250 e. The van der Waals surface area contributed by atoms with Crippen LogP contribution in [0.3, 0.4) is 0 Å². The number of hydrogen-bond acceptors (Lipinski definition) is 3. The normalized spacial score (nSPS) is 10.9. The number of aliphatic hydroxyl groups excluding tert-OH is 1. The van der Waals surface area contributed by atoms with E-state index in [9.17, 15) is 4.79 Å². The van der Waals surface area contributed by atoms with Crippen LogP contribution in [0.1, 0.15) is 36.7 Å². The number of hydrogen-bond donors (Lipinski definition) is 1. The van der Waals surface area contributed by atoms with Crippen LogP contribution in [0.2, 0.25) is 0 Å². The predicted molar refractivity (Wildman–Crippen MR) is 96.0 cm³/mol. The van der Waals surface area contributed by atoms with Gasteiger partial charge in [0, 0.05) is 30.1 Å². The van der Waals surface area contributed by atoms with Crippen LogP contribution in [0.15, 0.2) is 43.1 Å². The van der Waals surface area contributed by atoms with Gasteiger partial charge in [-0.05, 0) is 51.0 Å². The summed E-state index contributed by atoms with van der Waals surface area (Å²) in [7, 11) is 0. The third kappa shape index (κ3) is 4.11. The first kappa shape index (κ1) is 17.9. The molecule has 1 amide bonds. The van der Waals surface area contributed by atoms with E-state index in [4.69, 9.17) is 5.11 Å². The van der Waals surface area contributed by atoms with E-state index in [1.807, 2.05) is 42.1 Å². The first-order chi connectivity index (χ1) is 11.5. The Morgan fingerprint density at radius 2 is 2.04 bits per heavy atom. The highest BCUT2D eigenvalue weighted by molar-refractivity contribution is 6.00. The Morgan fingerprint density at radius 1 is 1.38 bits per heavy atom. The molecule has 5 heteroatoms. The maximum atomic E-state index is 12.3. The Labute approximate surface area is 143 Å². The fraction of sp³-hybridized carbons (Fsp3) is 0.368. The molecule has 1 N–H and O–H groups in total. The molecule has 0 spiro atoms. The van der Waals surface area contributed by atoms with Crippen molar-refractivity contribution in [1.82, 2.24) is 9.78 Å². The Hall–Kier alpha value is -2.40. The molecule has 1 heterocycles. The van der Waals surface area contributed by atoms with Crippen LogP contribution in [0.5, 0.6) is 0 Å². The van der Waals surface area contributed by atoms with Crippen molar-refractivity contribution in [3.8, 4) is 0 Å². The number of aryl methyl sites for hydroxylation is 1. The van der Waals surface area contributed by atoms with Crippen LogP contribution in [0.25, 0.3) is 0 Å². The molecule has 0 aliphatic carbocycles. The number of aliphatic hydroxyl groups is 1. The Kier molecular flexibility index (Phi) is 5.93. The quantitative estimate of drug-likeness (QED) is 0.795. The first-order valence-corrected chi connectivity index (χ1v) is 8.14. The van der Waals surface area contributed by atoms with Gasteiger partial charge in [0.15, 0.2) is 0 Å². The highest BCUT2D eigenvalue weighted by atomic mass is 16.3. The van der Waals surface area contributed by atoms with Crippen LogP contribution >= 0.6 is 0 Å². The zero-order valence-electron chi connectivity index (χ0n) is 14.6. The van der Waals surface area contributed by atoms with Crippen molar-refractivity contribution < 1.29 is 9.90 Å². The summed E-state index contributed by atoms with van der Waals surface area (Å²) in [6.45, 7) is 10.3. The van der Waals surface area contributed by atoms with Gasteiger partial charge in [-0.1, -0.05) is 18.7 Å². The van der Waals surface area contributed by atoms with E-state index in [-0.39, 0.29) is 18.6 Å². The van der Waals surface area contributed by atoms with Gasteiger partial charge in [-0.15, -0.1) is 0 Å². The van der Waals surface area contributed by atoms with Crippen LogP contribution in [0, 0.1) is 6.92 Å². The van der Waals surface area contributed by atoms with Crippen molar-refractivity contribution >= 4 is 11.6 Å². The molecule has 24 heavy (non-hydrogen) atoms. The second-order valence-electron chi connectivity index (χ2n) is 6.08. The highest BCUT2D eigenvalue weighted by Crippen LogP contribution is 2.21. The van der Waals surface area contributed by atoms with Gasteiger partial charge in [-0.25, -0.2) is 0 Å². The predicted octanol–water partition coefficient (Wildman–Crippen LogP) is 3.03. The third-order valence-corrected chi connectivity index (χ3v) is 3.96. The van der Waals surface area contributed by atoms with Gasteiger partial charge in [-0.3, -0.25) is 9.48 Å². The first-order valence-electron chi connectivity index (χ1n) is 8.14. The number of amides is 1. The van der Waals surface area contributed by atoms with Gasteiger partial charge in [0.25, 0.3) is 5.91 Å². The standard InChI is InChI=1S/C19H25N3O2/c1-5-19(24)21(18-8-6-16(7-9-18)10-11-23)12-17-13-22(14(2)3)20-15(17)4/h5-9,13-14,23H,1,10-12H2,2-4H3. The van der Waals surface area contributed by atoms with Gasteiger partial charge >= 0.3 is 0 Å². The van der Waals surface area contributed by atoms with Crippen molar-refractivity contribution in [1.29, 1.82) is 0 Å². The van der Waals surface area contributed by atoms with E-state index in [2.05, 4.69) is 25.5 Å². The Morgan fingerprint density at radius 3 is 2.54 bits per heavy atom. The van der Waals surface area contributed by atoms with E-state index < -0.39 is 0 Å². The monoisotopic (exact) mass is 327 g/mol. The van der Waals surface area contributed by atoms with Crippen molar-refractivity contribution in [2.45, 2.75) is 39.8 Å². The zero-order valence-corrected chi connectivity index (χ0v) is 14.6. The minimum Gasteiger partial charge on any atom is -0.396 e. The molecule has 0 bridgehead atoms. The van der Waals surface area contributed by atoms with Gasteiger partial charge in [0.1, 0.15) is 0 Å². The summed E-state index contributed by atoms with van der Waals surface area (Å²) in [5, 5.41) is 13.5. The van der Waals surface area contributed by atoms with Crippen molar-refractivity contribution in [3.63, 3.8) is 0 Å².